The Balaban J connectivity index is 2.29. The largest absolute Gasteiger partial charge is 0.457 e. The molecule has 1 fully saturated rings. The summed E-state index contributed by atoms with van der Waals surface area (Å²) >= 11 is 0. The number of aliphatic hydroxyl groups excluding tert-OH is 4. The Kier molecular flexibility index (Phi) is 32.6. The minimum absolute atomic E-state index is 0.111. The Morgan fingerprint density at radius 1 is 0.608 bits per heavy atom. The summed E-state index contributed by atoms with van der Waals surface area (Å²) in [6.45, 7) is 4.55. The lowest BCUT2D eigenvalue weighted by Crippen LogP contribution is -2.59. The van der Waals surface area contributed by atoms with Gasteiger partial charge < -0.3 is 39.4 Å². The first kappa shape index (κ1) is 48.0. The van der Waals surface area contributed by atoms with Gasteiger partial charge in [-0.1, -0.05) is 154 Å². The molecule has 51 heavy (non-hydrogen) atoms. The molecule has 0 radical (unpaired) electrons. The van der Waals surface area contributed by atoms with E-state index in [0.29, 0.717) is 13.0 Å². The maximum Gasteiger partial charge on any atom is 0.306 e. The van der Waals surface area contributed by atoms with Crippen molar-refractivity contribution in [3.8, 4) is 0 Å². The lowest BCUT2D eigenvalue weighted by Gasteiger charge is -2.39. The first-order chi connectivity index (χ1) is 24.9. The van der Waals surface area contributed by atoms with Crippen LogP contribution in [-0.2, 0) is 23.7 Å². The number of ether oxygens (including phenoxy) is 4. The molecule has 1 rings (SSSR count). The van der Waals surface area contributed by atoms with E-state index in [1.807, 2.05) is 0 Å². The Labute approximate surface area is 312 Å². The molecule has 0 aromatic rings. The molecule has 9 heteroatoms. The number of unbranched alkanes of at least 4 members (excludes halogenated alkanes) is 23. The van der Waals surface area contributed by atoms with Crippen molar-refractivity contribution in [2.45, 2.75) is 224 Å². The topological polar surface area (TPSA) is 135 Å². The first-order valence-electron chi connectivity index (χ1n) is 21.3. The zero-order chi connectivity index (χ0) is 37.2. The van der Waals surface area contributed by atoms with Gasteiger partial charge in [0.25, 0.3) is 0 Å². The van der Waals surface area contributed by atoms with E-state index in [1.165, 1.54) is 135 Å². The third-order valence-corrected chi connectivity index (χ3v) is 9.93. The van der Waals surface area contributed by atoms with Crippen LogP contribution in [0.2, 0.25) is 0 Å². The van der Waals surface area contributed by atoms with Crippen molar-refractivity contribution < 1.29 is 44.2 Å². The number of allylic oxidation sites excluding steroid dienone is 2. The van der Waals surface area contributed by atoms with E-state index in [1.54, 1.807) is 0 Å². The van der Waals surface area contributed by atoms with Crippen LogP contribution in [-0.4, -0.2) is 89.6 Å². The van der Waals surface area contributed by atoms with Crippen molar-refractivity contribution >= 4 is 5.97 Å². The van der Waals surface area contributed by atoms with Gasteiger partial charge in [0, 0.05) is 13.0 Å². The van der Waals surface area contributed by atoms with E-state index in [-0.39, 0.29) is 19.2 Å². The smallest absolute Gasteiger partial charge is 0.306 e. The molecule has 0 bridgehead atoms. The van der Waals surface area contributed by atoms with Crippen LogP contribution in [0, 0.1) is 0 Å². The molecule has 9 nitrogen and oxygen atoms in total. The number of carbonyl (C=O) groups excluding carboxylic acids is 1. The molecule has 0 aliphatic carbocycles. The average Bonchev–Trinajstić information content (AvgIpc) is 3.13. The zero-order valence-corrected chi connectivity index (χ0v) is 32.9. The van der Waals surface area contributed by atoms with Crippen LogP contribution in [0.25, 0.3) is 0 Å². The van der Waals surface area contributed by atoms with Crippen LogP contribution in [0.3, 0.4) is 0 Å². The monoisotopic (exact) mass is 729 g/mol. The van der Waals surface area contributed by atoms with E-state index >= 15 is 0 Å². The third kappa shape index (κ3) is 26.4. The molecule has 0 aromatic carbocycles. The van der Waals surface area contributed by atoms with Crippen LogP contribution in [0.1, 0.15) is 187 Å². The van der Waals surface area contributed by atoms with Crippen molar-refractivity contribution in [3.05, 3.63) is 12.2 Å². The number of carbonyl (C=O) groups is 1. The number of hydrogen-bond donors (Lipinski definition) is 4. The van der Waals surface area contributed by atoms with E-state index in [0.717, 1.165) is 32.1 Å². The molecule has 1 saturated heterocycles. The van der Waals surface area contributed by atoms with Crippen molar-refractivity contribution in [2.24, 2.45) is 0 Å². The second kappa shape index (κ2) is 34.7. The van der Waals surface area contributed by atoms with Crippen LogP contribution in [0.15, 0.2) is 12.2 Å². The van der Waals surface area contributed by atoms with E-state index in [2.05, 4.69) is 26.0 Å². The minimum Gasteiger partial charge on any atom is -0.457 e. The second-order valence-corrected chi connectivity index (χ2v) is 14.8. The molecule has 302 valence electrons. The number of esters is 1. The molecule has 6 unspecified atom stereocenters. The van der Waals surface area contributed by atoms with Gasteiger partial charge in [-0.3, -0.25) is 4.79 Å². The van der Waals surface area contributed by atoms with Gasteiger partial charge in [-0.25, -0.2) is 0 Å². The van der Waals surface area contributed by atoms with Gasteiger partial charge in [0.15, 0.2) is 6.29 Å². The summed E-state index contributed by atoms with van der Waals surface area (Å²) < 4.78 is 22.8. The fraction of sp³-hybridized carbons (Fsp3) is 0.929. The molecule has 0 spiro atoms. The van der Waals surface area contributed by atoms with Crippen molar-refractivity contribution in [1.29, 1.82) is 0 Å². The van der Waals surface area contributed by atoms with Crippen molar-refractivity contribution in [1.82, 2.24) is 0 Å². The van der Waals surface area contributed by atoms with Gasteiger partial charge in [-0.05, 0) is 38.5 Å². The zero-order valence-electron chi connectivity index (χ0n) is 32.9. The highest BCUT2D eigenvalue weighted by molar-refractivity contribution is 5.69. The molecule has 1 aliphatic heterocycles. The van der Waals surface area contributed by atoms with Gasteiger partial charge in [0.05, 0.1) is 19.8 Å². The van der Waals surface area contributed by atoms with Crippen LogP contribution in [0.4, 0.5) is 0 Å². The standard InChI is InChI=1S/C42H80O9/c1-3-5-7-9-11-13-15-17-19-21-23-25-27-29-31-38(44)50-36(35-49-42-41(47)40(46)39(45)37(33-43)51-42)34-48-32-30-28-26-24-22-20-18-16-14-12-10-8-6-4-2/h14,16,36-37,39-43,45-47H,3-13,15,17-35H2,1-2H3/b16-14-. The van der Waals surface area contributed by atoms with Gasteiger partial charge in [-0.2, -0.15) is 0 Å². The summed E-state index contributed by atoms with van der Waals surface area (Å²) in [7, 11) is 0. The molecule has 4 N–H and O–H groups in total. The second-order valence-electron chi connectivity index (χ2n) is 14.8. The third-order valence-electron chi connectivity index (χ3n) is 9.93. The highest BCUT2D eigenvalue weighted by Crippen LogP contribution is 2.22. The molecular weight excluding hydrogens is 648 g/mol. The molecule has 0 amide bonds. The molecule has 0 aromatic heterocycles. The summed E-state index contributed by atoms with van der Waals surface area (Å²) in [6, 6.07) is 0. The Bertz CT molecular complexity index is 792. The number of aliphatic hydroxyl groups is 4. The summed E-state index contributed by atoms with van der Waals surface area (Å²) in [5.74, 6) is -0.314. The first-order valence-corrected chi connectivity index (χ1v) is 21.3. The fourth-order valence-corrected chi connectivity index (χ4v) is 6.54. The van der Waals surface area contributed by atoms with Crippen LogP contribution < -0.4 is 0 Å². The van der Waals surface area contributed by atoms with Crippen LogP contribution >= 0.6 is 0 Å². The Morgan fingerprint density at radius 3 is 1.61 bits per heavy atom. The van der Waals surface area contributed by atoms with Gasteiger partial charge in [0.2, 0.25) is 0 Å². The van der Waals surface area contributed by atoms with E-state index in [9.17, 15) is 25.2 Å². The van der Waals surface area contributed by atoms with Crippen LogP contribution in [0.5, 0.6) is 0 Å². The summed E-state index contributed by atoms with van der Waals surface area (Å²) in [5.41, 5.74) is 0. The Hall–Kier alpha value is -1.07. The summed E-state index contributed by atoms with van der Waals surface area (Å²) in [4.78, 5) is 12.7. The SMILES string of the molecule is CCCCCC/C=C\CCCCCCCCOCC(COC1OC(CO)C(O)C(O)C1O)OC(=O)CCCCCCCCCCCCCCCC. The highest BCUT2D eigenvalue weighted by Gasteiger charge is 2.44. The van der Waals surface area contributed by atoms with Crippen molar-refractivity contribution in [2.75, 3.05) is 26.4 Å². The van der Waals surface area contributed by atoms with Crippen molar-refractivity contribution in [3.63, 3.8) is 0 Å². The fourth-order valence-electron chi connectivity index (χ4n) is 6.54. The predicted octanol–water partition coefficient (Wildman–Crippen LogP) is 8.86. The Morgan fingerprint density at radius 2 is 1.08 bits per heavy atom. The highest BCUT2D eigenvalue weighted by atomic mass is 16.7. The van der Waals surface area contributed by atoms with Gasteiger partial charge >= 0.3 is 5.97 Å². The lowest BCUT2D eigenvalue weighted by molar-refractivity contribution is -0.305. The summed E-state index contributed by atoms with van der Waals surface area (Å²) in [6.07, 6.45) is 29.4. The number of hydrogen-bond acceptors (Lipinski definition) is 9. The quantitative estimate of drug-likeness (QED) is 0.0284. The minimum atomic E-state index is -1.53. The lowest BCUT2D eigenvalue weighted by atomic mass is 9.99. The molecule has 1 aliphatic rings. The molecule has 6 atom stereocenters. The average molecular weight is 729 g/mol. The normalized spacial score (nSPS) is 21.4. The van der Waals surface area contributed by atoms with Gasteiger partial charge in [-0.15, -0.1) is 0 Å². The maximum atomic E-state index is 12.7. The molecular formula is C42H80O9. The molecule has 1 heterocycles. The van der Waals surface area contributed by atoms with E-state index in [4.69, 9.17) is 18.9 Å². The predicted molar refractivity (Wildman–Crippen MR) is 206 cm³/mol. The van der Waals surface area contributed by atoms with Gasteiger partial charge in [0.1, 0.15) is 30.5 Å². The summed E-state index contributed by atoms with van der Waals surface area (Å²) in [5, 5.41) is 40.0. The molecule has 0 saturated carbocycles. The number of rotatable bonds is 36. The maximum absolute atomic E-state index is 12.7. The van der Waals surface area contributed by atoms with E-state index < -0.39 is 43.4 Å².